The number of carbonyl (C=O) groups is 1. The van der Waals surface area contributed by atoms with E-state index in [1.54, 1.807) is 0 Å². The summed E-state index contributed by atoms with van der Waals surface area (Å²) in [6.45, 7) is 5.81. The molecule has 0 fully saturated rings. The van der Waals surface area contributed by atoms with E-state index in [9.17, 15) is 4.79 Å². The van der Waals surface area contributed by atoms with Crippen molar-refractivity contribution in [3.63, 3.8) is 0 Å². The van der Waals surface area contributed by atoms with Crippen LogP contribution in [0.3, 0.4) is 0 Å². The zero-order valence-corrected chi connectivity index (χ0v) is 11.9. The lowest BCUT2D eigenvalue weighted by molar-refractivity contribution is -0.121. The van der Waals surface area contributed by atoms with Crippen molar-refractivity contribution in [3.8, 4) is 0 Å². The molecule has 1 atom stereocenters. The van der Waals surface area contributed by atoms with Gasteiger partial charge in [-0.3, -0.25) is 4.79 Å². The van der Waals surface area contributed by atoms with E-state index in [1.165, 1.54) is 0 Å². The highest BCUT2D eigenvalue weighted by molar-refractivity contribution is 9.10. The lowest BCUT2D eigenvalue weighted by atomic mass is 10.1. The van der Waals surface area contributed by atoms with Crippen molar-refractivity contribution in [2.45, 2.75) is 32.2 Å². The molecule has 4 heteroatoms. The van der Waals surface area contributed by atoms with Crippen LogP contribution < -0.4 is 5.32 Å². The Morgan fingerprint density at radius 2 is 2.06 bits per heavy atom. The molecule has 0 aromatic heterocycles. The van der Waals surface area contributed by atoms with Gasteiger partial charge in [-0.15, -0.1) is 11.6 Å². The molecule has 1 amide bonds. The van der Waals surface area contributed by atoms with Gasteiger partial charge in [-0.05, 0) is 38.0 Å². The maximum atomic E-state index is 11.7. The Kier molecular flexibility index (Phi) is 4.81. The maximum absolute atomic E-state index is 11.7. The summed E-state index contributed by atoms with van der Waals surface area (Å²) in [4.78, 5) is 11.7. The van der Waals surface area contributed by atoms with Gasteiger partial charge < -0.3 is 5.32 Å². The van der Waals surface area contributed by atoms with E-state index in [4.69, 9.17) is 11.6 Å². The molecular weight excluding hydrogens is 289 g/mol. The van der Waals surface area contributed by atoms with Crippen LogP contribution in [0, 0.1) is 6.92 Å². The average molecular weight is 305 g/mol. The first-order valence-corrected chi connectivity index (χ1v) is 6.35. The Morgan fingerprint density at radius 1 is 1.44 bits per heavy atom. The number of halogens is 2. The second kappa shape index (κ2) is 5.69. The van der Waals surface area contributed by atoms with Crippen LogP contribution in [0.5, 0.6) is 0 Å². The number of nitrogens with one attached hydrogen (secondary N) is 1. The minimum atomic E-state index is -0.655. The lowest BCUT2D eigenvalue weighted by Crippen LogP contribution is -2.32. The van der Waals surface area contributed by atoms with Gasteiger partial charge in [-0.2, -0.15) is 0 Å². The van der Waals surface area contributed by atoms with Crippen molar-refractivity contribution in [2.24, 2.45) is 0 Å². The summed E-state index contributed by atoms with van der Waals surface area (Å²) in [6, 6.07) is 5.86. The topological polar surface area (TPSA) is 29.1 Å². The fourth-order valence-electron chi connectivity index (χ4n) is 1.34. The second-order valence-electron chi connectivity index (χ2n) is 4.05. The molecule has 0 saturated carbocycles. The Morgan fingerprint density at radius 3 is 2.56 bits per heavy atom. The van der Waals surface area contributed by atoms with Crippen molar-refractivity contribution in [3.05, 3.63) is 33.8 Å². The fourth-order valence-corrected chi connectivity index (χ4v) is 2.44. The third-order valence-electron chi connectivity index (χ3n) is 2.09. The standard InChI is InChI=1S/C12H15BrClNO/c1-7(2)15-12(16)11(14)9-5-4-8(3)6-10(9)13/h4-7,11H,1-3H3,(H,15,16). The number of hydrogen-bond donors (Lipinski definition) is 1. The fraction of sp³-hybridized carbons (Fsp3) is 0.417. The van der Waals surface area contributed by atoms with Gasteiger partial charge in [0.05, 0.1) is 0 Å². The Bertz CT molecular complexity index is 393. The molecule has 16 heavy (non-hydrogen) atoms. The van der Waals surface area contributed by atoms with Crippen LogP contribution in [0.4, 0.5) is 0 Å². The molecule has 0 saturated heterocycles. The molecule has 1 N–H and O–H groups in total. The molecule has 1 aromatic carbocycles. The monoisotopic (exact) mass is 303 g/mol. The van der Waals surface area contributed by atoms with Crippen LogP contribution in [-0.2, 0) is 4.79 Å². The van der Waals surface area contributed by atoms with Crippen molar-refractivity contribution < 1.29 is 4.79 Å². The van der Waals surface area contributed by atoms with E-state index in [2.05, 4.69) is 21.2 Å². The van der Waals surface area contributed by atoms with Crippen molar-refractivity contribution in [1.29, 1.82) is 0 Å². The highest BCUT2D eigenvalue weighted by Gasteiger charge is 2.20. The van der Waals surface area contributed by atoms with Gasteiger partial charge in [0, 0.05) is 10.5 Å². The summed E-state index contributed by atoms with van der Waals surface area (Å²) < 4.78 is 0.867. The number of hydrogen-bond acceptors (Lipinski definition) is 1. The first-order valence-electron chi connectivity index (χ1n) is 5.12. The molecule has 1 unspecified atom stereocenters. The van der Waals surface area contributed by atoms with E-state index >= 15 is 0 Å². The Labute approximate surface area is 110 Å². The molecule has 0 aliphatic rings. The molecule has 1 aromatic rings. The van der Waals surface area contributed by atoms with Crippen LogP contribution in [0.1, 0.15) is 30.4 Å². The van der Waals surface area contributed by atoms with E-state index in [0.29, 0.717) is 0 Å². The summed E-state index contributed by atoms with van der Waals surface area (Å²) in [5, 5.41) is 2.14. The first-order chi connectivity index (χ1) is 7.41. The molecule has 0 aliphatic carbocycles. The number of amides is 1. The van der Waals surface area contributed by atoms with E-state index in [0.717, 1.165) is 15.6 Å². The Balaban J connectivity index is 2.87. The second-order valence-corrected chi connectivity index (χ2v) is 5.34. The third kappa shape index (κ3) is 3.49. The summed E-state index contributed by atoms with van der Waals surface area (Å²) in [5.41, 5.74) is 1.93. The largest absolute Gasteiger partial charge is 0.352 e. The highest BCUT2D eigenvalue weighted by atomic mass is 79.9. The first kappa shape index (κ1) is 13.5. The Hall–Kier alpha value is -0.540. The number of benzene rings is 1. The van der Waals surface area contributed by atoms with Crippen molar-refractivity contribution in [2.75, 3.05) is 0 Å². The molecule has 0 spiro atoms. The van der Waals surface area contributed by atoms with E-state index in [1.807, 2.05) is 39.0 Å². The molecule has 2 nitrogen and oxygen atoms in total. The van der Waals surface area contributed by atoms with Crippen LogP contribution in [-0.4, -0.2) is 11.9 Å². The van der Waals surface area contributed by atoms with Gasteiger partial charge in [0.15, 0.2) is 0 Å². The molecular formula is C12H15BrClNO. The van der Waals surface area contributed by atoms with Gasteiger partial charge in [-0.1, -0.05) is 28.1 Å². The third-order valence-corrected chi connectivity index (χ3v) is 3.21. The summed E-state index contributed by atoms with van der Waals surface area (Å²) in [7, 11) is 0. The highest BCUT2D eigenvalue weighted by Crippen LogP contribution is 2.29. The lowest BCUT2D eigenvalue weighted by Gasteiger charge is -2.14. The van der Waals surface area contributed by atoms with Crippen LogP contribution in [0.2, 0.25) is 0 Å². The molecule has 0 heterocycles. The summed E-state index contributed by atoms with van der Waals surface area (Å²) >= 11 is 9.53. The minimum absolute atomic E-state index is 0.0953. The predicted octanol–water partition coefficient (Wildman–Crippen LogP) is 3.56. The smallest absolute Gasteiger partial charge is 0.242 e. The van der Waals surface area contributed by atoms with Crippen LogP contribution in [0.15, 0.2) is 22.7 Å². The van der Waals surface area contributed by atoms with Gasteiger partial charge in [-0.25, -0.2) is 0 Å². The zero-order valence-electron chi connectivity index (χ0n) is 9.55. The molecule has 1 rings (SSSR count). The SMILES string of the molecule is Cc1ccc(C(Cl)C(=O)NC(C)C)c(Br)c1. The van der Waals surface area contributed by atoms with Crippen molar-refractivity contribution in [1.82, 2.24) is 5.32 Å². The van der Waals surface area contributed by atoms with Gasteiger partial charge in [0.25, 0.3) is 0 Å². The van der Waals surface area contributed by atoms with E-state index in [-0.39, 0.29) is 11.9 Å². The number of aryl methyl sites for hydroxylation is 1. The number of alkyl halides is 1. The van der Waals surface area contributed by atoms with E-state index < -0.39 is 5.38 Å². The maximum Gasteiger partial charge on any atom is 0.242 e. The van der Waals surface area contributed by atoms with Crippen LogP contribution >= 0.6 is 27.5 Å². The normalized spacial score (nSPS) is 12.6. The predicted molar refractivity (Wildman–Crippen MR) is 70.8 cm³/mol. The summed E-state index contributed by atoms with van der Waals surface area (Å²) in [5.74, 6) is -0.166. The minimum Gasteiger partial charge on any atom is -0.352 e. The molecule has 88 valence electrons. The van der Waals surface area contributed by atoms with Gasteiger partial charge >= 0.3 is 0 Å². The molecule has 0 radical (unpaired) electrons. The molecule has 0 aliphatic heterocycles. The molecule has 0 bridgehead atoms. The van der Waals surface area contributed by atoms with Gasteiger partial charge in [0.2, 0.25) is 5.91 Å². The van der Waals surface area contributed by atoms with Gasteiger partial charge in [0.1, 0.15) is 5.38 Å². The quantitative estimate of drug-likeness (QED) is 0.850. The van der Waals surface area contributed by atoms with Crippen molar-refractivity contribution >= 4 is 33.4 Å². The average Bonchev–Trinajstić information content (AvgIpc) is 2.15. The summed E-state index contributed by atoms with van der Waals surface area (Å²) in [6.07, 6.45) is 0. The van der Waals surface area contributed by atoms with Crippen LogP contribution in [0.25, 0.3) is 0 Å². The number of carbonyl (C=O) groups excluding carboxylic acids is 1. The number of rotatable bonds is 3. The zero-order chi connectivity index (χ0) is 12.3.